The van der Waals surface area contributed by atoms with Crippen LogP contribution >= 0.6 is 27.7 Å². The summed E-state index contributed by atoms with van der Waals surface area (Å²) in [6, 6.07) is 3.78. The van der Waals surface area contributed by atoms with E-state index in [-0.39, 0.29) is 24.7 Å². The number of hydrogen-bond donors (Lipinski definition) is 3. The quantitative estimate of drug-likeness (QED) is 0.308. The van der Waals surface area contributed by atoms with E-state index >= 15 is 0 Å². The van der Waals surface area contributed by atoms with Crippen LogP contribution in [0.4, 0.5) is 4.79 Å². The Labute approximate surface area is 256 Å². The Balaban J connectivity index is 1.19. The van der Waals surface area contributed by atoms with Crippen LogP contribution in [-0.2, 0) is 11.3 Å². The van der Waals surface area contributed by atoms with Crippen LogP contribution in [0.5, 0.6) is 11.5 Å². The molecular weight excluding hydrogens is 626 g/mol. The molecule has 0 spiro atoms. The number of aromatic amines is 1. The molecule has 2 aliphatic rings. The molecule has 3 N–H and O–H groups in total. The van der Waals surface area contributed by atoms with Crippen LogP contribution in [0.2, 0.25) is 0 Å². The van der Waals surface area contributed by atoms with E-state index in [0.717, 1.165) is 28.6 Å². The fourth-order valence-corrected chi connectivity index (χ4v) is 6.70. The van der Waals surface area contributed by atoms with E-state index in [2.05, 4.69) is 25.9 Å². The fourth-order valence-electron chi connectivity index (χ4n) is 5.32. The molecule has 0 aliphatic carbocycles. The second-order valence-electron chi connectivity index (χ2n) is 11.8. The van der Waals surface area contributed by atoms with Gasteiger partial charge in [0.25, 0.3) is 0 Å². The van der Waals surface area contributed by atoms with Crippen molar-refractivity contribution in [3.05, 3.63) is 28.4 Å². The first-order chi connectivity index (χ1) is 19.9. The number of imidazole rings is 1. The number of ether oxygens (including phenoxy) is 2. The number of carboxylic acid groups (broad SMARTS) is 1. The highest BCUT2D eigenvalue weighted by Gasteiger charge is 2.32. The first-order valence-corrected chi connectivity index (χ1v) is 15.6. The van der Waals surface area contributed by atoms with Gasteiger partial charge in [0.05, 0.1) is 12.2 Å². The van der Waals surface area contributed by atoms with Gasteiger partial charge in [-0.1, -0.05) is 18.7 Å². The van der Waals surface area contributed by atoms with Crippen molar-refractivity contribution < 1.29 is 24.2 Å². The maximum Gasteiger partial charge on any atom is 0.407 e. The van der Waals surface area contributed by atoms with Crippen LogP contribution in [0.15, 0.2) is 33.0 Å². The van der Waals surface area contributed by atoms with Gasteiger partial charge in [0.1, 0.15) is 5.52 Å². The zero-order valence-electron chi connectivity index (χ0n) is 24.1. The summed E-state index contributed by atoms with van der Waals surface area (Å²) in [7, 11) is 0. The van der Waals surface area contributed by atoms with Crippen LogP contribution in [-0.4, -0.2) is 78.4 Å². The minimum atomic E-state index is -1.01. The molecule has 2 aromatic heterocycles. The van der Waals surface area contributed by atoms with Gasteiger partial charge in [-0.3, -0.25) is 10.2 Å². The maximum absolute atomic E-state index is 13.1. The molecule has 14 heteroatoms. The highest BCUT2D eigenvalue weighted by Crippen LogP contribution is 2.42. The molecule has 1 fully saturated rings. The van der Waals surface area contributed by atoms with Crippen molar-refractivity contribution in [3.8, 4) is 11.5 Å². The number of piperidine rings is 1. The summed E-state index contributed by atoms with van der Waals surface area (Å²) in [5, 5.41) is 18.5. The number of carbonyl (C=O) groups is 2. The van der Waals surface area contributed by atoms with Crippen molar-refractivity contribution in [3.63, 3.8) is 0 Å². The van der Waals surface area contributed by atoms with Gasteiger partial charge in [-0.2, -0.15) is 0 Å². The predicted molar refractivity (Wildman–Crippen MR) is 160 cm³/mol. The lowest BCUT2D eigenvalue weighted by atomic mass is 9.92. The standard InChI is InChI=1S/C28H36BrN7O5S/c1-16(13-36(27(38)39)28(2,3)4)25(37)34-8-5-17(6-9-34)7-10-35-14-31-23(30)22-24(35)33-26(32-22)42-21-12-20-19(11-18(21)29)40-15-41-20/h11-12,14,16-17,30H,5-10,13,15H2,1-4H3,(H,32,33)(H,38,39)/t16-/m0/s1. The van der Waals surface area contributed by atoms with E-state index in [9.17, 15) is 14.7 Å². The number of rotatable bonds is 8. The Hall–Kier alpha value is -3.26. The number of nitrogens with zero attached hydrogens (tertiary/aromatic N) is 5. The highest BCUT2D eigenvalue weighted by atomic mass is 79.9. The van der Waals surface area contributed by atoms with Gasteiger partial charge in [-0.15, -0.1) is 0 Å². The van der Waals surface area contributed by atoms with Crippen LogP contribution in [0.25, 0.3) is 11.2 Å². The summed E-state index contributed by atoms with van der Waals surface area (Å²) in [6.07, 6.45) is 3.32. The minimum absolute atomic E-state index is 0.00548. The number of fused-ring (bicyclic) bond motifs is 2. The van der Waals surface area contributed by atoms with Gasteiger partial charge in [0.15, 0.2) is 27.8 Å². The molecule has 12 nitrogen and oxygen atoms in total. The van der Waals surface area contributed by atoms with Crippen LogP contribution < -0.4 is 15.0 Å². The molecule has 1 aromatic carbocycles. The van der Waals surface area contributed by atoms with Gasteiger partial charge < -0.3 is 33.9 Å². The third-order valence-corrected chi connectivity index (χ3v) is 9.62. The van der Waals surface area contributed by atoms with Gasteiger partial charge in [0, 0.05) is 41.1 Å². The summed E-state index contributed by atoms with van der Waals surface area (Å²) in [4.78, 5) is 41.2. The molecule has 0 saturated carbocycles. The largest absolute Gasteiger partial charge is 0.465 e. The van der Waals surface area contributed by atoms with Crippen molar-refractivity contribution in [1.82, 2.24) is 29.3 Å². The Bertz CT molecular complexity index is 1540. The van der Waals surface area contributed by atoms with Gasteiger partial charge in [-0.05, 0) is 74.0 Å². The van der Waals surface area contributed by atoms with Gasteiger partial charge in [-0.25, -0.2) is 14.8 Å². The summed E-state index contributed by atoms with van der Waals surface area (Å²) < 4.78 is 13.8. The molecule has 2 amide bonds. The molecule has 1 saturated heterocycles. The fraction of sp³-hybridized carbons (Fsp3) is 0.536. The number of aryl methyl sites for hydroxylation is 1. The number of amides is 2. The number of likely N-dealkylation sites (tertiary alicyclic amines) is 1. The number of H-pyrrole nitrogens is 1. The van der Waals surface area contributed by atoms with E-state index in [4.69, 9.17) is 19.9 Å². The average Bonchev–Trinajstić information content (AvgIpc) is 3.58. The van der Waals surface area contributed by atoms with E-state index in [1.54, 1.807) is 6.33 Å². The lowest BCUT2D eigenvalue weighted by Crippen LogP contribution is -2.50. The molecule has 4 heterocycles. The van der Waals surface area contributed by atoms with Gasteiger partial charge >= 0.3 is 6.09 Å². The van der Waals surface area contributed by atoms with Gasteiger partial charge in [0.2, 0.25) is 12.7 Å². The predicted octanol–water partition coefficient (Wildman–Crippen LogP) is 4.92. The number of hydrogen-bond acceptors (Lipinski definition) is 8. The molecule has 0 bridgehead atoms. The second kappa shape index (κ2) is 12.2. The molecule has 0 unspecified atom stereocenters. The van der Waals surface area contributed by atoms with E-state index < -0.39 is 17.6 Å². The Morgan fingerprint density at radius 3 is 2.62 bits per heavy atom. The summed E-state index contributed by atoms with van der Waals surface area (Å²) in [6.45, 7) is 9.72. The lowest BCUT2D eigenvalue weighted by molar-refractivity contribution is -0.137. The van der Waals surface area contributed by atoms with Crippen LogP contribution in [0, 0.1) is 17.2 Å². The number of benzene rings is 1. The number of nitrogens with one attached hydrogen (secondary N) is 2. The Morgan fingerprint density at radius 1 is 1.26 bits per heavy atom. The summed E-state index contributed by atoms with van der Waals surface area (Å²) >= 11 is 5.03. The molecule has 226 valence electrons. The molecule has 42 heavy (non-hydrogen) atoms. The molecule has 3 aromatic rings. The van der Waals surface area contributed by atoms with Crippen LogP contribution in [0.1, 0.15) is 47.0 Å². The monoisotopic (exact) mass is 661 g/mol. The number of carbonyl (C=O) groups excluding carboxylic acids is 1. The SMILES string of the molecule is C[C@@H](CN(C(=O)O)C(C)(C)C)C(=O)N1CCC(CCn2cnc(=N)c3[nH]c(Sc4cc5c(cc4Br)OCO5)nc32)CC1. The summed E-state index contributed by atoms with van der Waals surface area (Å²) in [5.41, 5.74) is 0.828. The maximum atomic E-state index is 13.1. The van der Waals surface area contributed by atoms with E-state index in [1.807, 2.05) is 49.3 Å². The lowest BCUT2D eigenvalue weighted by Gasteiger charge is -2.37. The van der Waals surface area contributed by atoms with E-state index in [1.165, 1.54) is 16.7 Å². The minimum Gasteiger partial charge on any atom is -0.465 e. The average molecular weight is 663 g/mol. The molecule has 1 atom stereocenters. The zero-order valence-corrected chi connectivity index (χ0v) is 26.5. The van der Waals surface area contributed by atoms with Crippen molar-refractivity contribution >= 4 is 50.9 Å². The third kappa shape index (κ3) is 6.54. The van der Waals surface area contributed by atoms with Crippen molar-refractivity contribution in [2.45, 2.75) is 69.1 Å². The normalized spacial score (nSPS) is 16.2. The molecule has 2 aliphatic heterocycles. The zero-order chi connectivity index (χ0) is 30.2. The molecular formula is C28H36BrN7O5S. The molecule has 5 rings (SSSR count). The van der Waals surface area contributed by atoms with E-state index in [0.29, 0.717) is 53.4 Å². The van der Waals surface area contributed by atoms with Crippen molar-refractivity contribution in [2.24, 2.45) is 11.8 Å². The van der Waals surface area contributed by atoms with Crippen molar-refractivity contribution in [1.29, 1.82) is 5.41 Å². The Kier molecular flexibility index (Phi) is 8.74. The number of halogens is 1. The first-order valence-electron chi connectivity index (χ1n) is 14.0. The molecule has 0 radical (unpaired) electrons. The number of aromatic nitrogens is 4. The van der Waals surface area contributed by atoms with Crippen molar-refractivity contribution in [2.75, 3.05) is 26.4 Å². The van der Waals surface area contributed by atoms with Crippen LogP contribution in [0.3, 0.4) is 0 Å². The Morgan fingerprint density at radius 2 is 1.95 bits per heavy atom. The third-order valence-electron chi connectivity index (χ3n) is 7.75. The summed E-state index contributed by atoms with van der Waals surface area (Å²) in [5.74, 6) is 1.42. The topological polar surface area (TPSA) is 150 Å². The first kappa shape index (κ1) is 30.2. The highest BCUT2D eigenvalue weighted by molar-refractivity contribution is 9.10. The smallest absolute Gasteiger partial charge is 0.407 e. The second-order valence-corrected chi connectivity index (χ2v) is 13.7.